The number of nitrogens with zero attached hydrogens (tertiary/aromatic N) is 2. The van der Waals surface area contributed by atoms with Crippen LogP contribution in [0.3, 0.4) is 0 Å². The second kappa shape index (κ2) is 10.4. The first-order valence-electron chi connectivity index (χ1n) is 8.03. The van der Waals surface area contributed by atoms with Crippen LogP contribution < -0.4 is 5.32 Å². The van der Waals surface area contributed by atoms with Crippen molar-refractivity contribution in [1.29, 1.82) is 0 Å². The largest absolute Gasteiger partial charge is 0.450 e. The van der Waals surface area contributed by atoms with E-state index in [0.717, 1.165) is 5.56 Å². The van der Waals surface area contributed by atoms with Crippen molar-refractivity contribution in [3.8, 4) is 0 Å². The van der Waals surface area contributed by atoms with Crippen molar-refractivity contribution in [2.45, 2.75) is 20.4 Å². The summed E-state index contributed by atoms with van der Waals surface area (Å²) in [6, 6.07) is 5.91. The van der Waals surface area contributed by atoms with Gasteiger partial charge in [-0.05, 0) is 31.2 Å². The number of likely N-dealkylation sites (N-methyl/N-ethyl adjacent to an activating group) is 2. The van der Waals surface area contributed by atoms with Gasteiger partial charge in [0.2, 0.25) is 11.8 Å². The highest BCUT2D eigenvalue weighted by atomic mass is 19.1. The van der Waals surface area contributed by atoms with Gasteiger partial charge in [-0.15, -0.1) is 0 Å². The van der Waals surface area contributed by atoms with Crippen molar-refractivity contribution in [2.24, 2.45) is 0 Å². The number of imide groups is 1. The van der Waals surface area contributed by atoms with Crippen LogP contribution in [0.4, 0.5) is 9.18 Å². The van der Waals surface area contributed by atoms with E-state index < -0.39 is 12.0 Å². The molecule has 0 fully saturated rings. The van der Waals surface area contributed by atoms with Gasteiger partial charge in [0.25, 0.3) is 0 Å². The first-order chi connectivity index (χ1) is 11.8. The maximum Gasteiger partial charge on any atom is 0.413 e. The van der Waals surface area contributed by atoms with E-state index >= 15 is 0 Å². The van der Waals surface area contributed by atoms with E-state index in [0.29, 0.717) is 13.1 Å². The molecule has 138 valence electrons. The molecule has 0 heterocycles. The zero-order valence-corrected chi connectivity index (χ0v) is 14.8. The summed E-state index contributed by atoms with van der Waals surface area (Å²) in [5, 5.41) is 2.09. The lowest BCUT2D eigenvalue weighted by atomic mass is 10.2. The van der Waals surface area contributed by atoms with Crippen LogP contribution in [0.1, 0.15) is 19.4 Å². The van der Waals surface area contributed by atoms with E-state index in [1.807, 2.05) is 6.92 Å². The molecular formula is C17H24FN3O4. The first kappa shape index (κ1) is 20.6. The molecule has 0 aliphatic carbocycles. The quantitative estimate of drug-likeness (QED) is 0.764. The van der Waals surface area contributed by atoms with Crippen molar-refractivity contribution in [3.05, 3.63) is 35.6 Å². The Balaban J connectivity index is 2.49. The molecule has 0 atom stereocenters. The molecule has 1 aromatic carbocycles. The van der Waals surface area contributed by atoms with Crippen LogP contribution in [-0.2, 0) is 20.9 Å². The summed E-state index contributed by atoms with van der Waals surface area (Å²) in [4.78, 5) is 38.3. The van der Waals surface area contributed by atoms with E-state index in [2.05, 4.69) is 10.1 Å². The summed E-state index contributed by atoms with van der Waals surface area (Å²) in [5.74, 6) is -1.05. The molecule has 0 aliphatic rings. The molecule has 0 saturated carbocycles. The second-order valence-corrected chi connectivity index (χ2v) is 5.45. The van der Waals surface area contributed by atoms with Crippen molar-refractivity contribution >= 4 is 17.9 Å². The van der Waals surface area contributed by atoms with Gasteiger partial charge in [-0.25, -0.2) is 9.18 Å². The van der Waals surface area contributed by atoms with Gasteiger partial charge >= 0.3 is 6.09 Å². The number of rotatable bonds is 8. The Labute approximate surface area is 146 Å². The summed E-state index contributed by atoms with van der Waals surface area (Å²) in [6.45, 7) is 4.36. The molecule has 25 heavy (non-hydrogen) atoms. The molecule has 1 aromatic rings. The predicted molar refractivity (Wildman–Crippen MR) is 90.2 cm³/mol. The van der Waals surface area contributed by atoms with E-state index in [1.165, 1.54) is 17.0 Å². The monoisotopic (exact) mass is 353 g/mol. The van der Waals surface area contributed by atoms with Gasteiger partial charge in [0.15, 0.2) is 0 Å². The summed E-state index contributed by atoms with van der Waals surface area (Å²) in [5.41, 5.74) is 0.806. The molecule has 7 nitrogen and oxygen atoms in total. The average Bonchev–Trinajstić information content (AvgIpc) is 2.56. The Morgan fingerprint density at radius 3 is 2.32 bits per heavy atom. The van der Waals surface area contributed by atoms with Crippen LogP contribution in [0.15, 0.2) is 24.3 Å². The number of ether oxygens (including phenoxy) is 1. The fourth-order valence-electron chi connectivity index (χ4n) is 2.07. The van der Waals surface area contributed by atoms with Crippen LogP contribution in [-0.4, -0.2) is 61.0 Å². The number of hydrogen-bond donors (Lipinski definition) is 1. The maximum atomic E-state index is 12.9. The van der Waals surface area contributed by atoms with E-state index in [-0.39, 0.29) is 31.4 Å². The standard InChI is InChI=1S/C17H24FN3O4/c1-4-21(11-15(22)19-17(24)25-5-2)12-16(23)20(3)10-13-6-8-14(18)9-7-13/h6-9H,4-5,10-12H2,1-3H3,(H,19,22,24). The average molecular weight is 353 g/mol. The number of carbonyl (C=O) groups excluding carboxylic acids is 3. The summed E-state index contributed by atoms with van der Waals surface area (Å²) < 4.78 is 17.5. The van der Waals surface area contributed by atoms with Crippen molar-refractivity contribution < 1.29 is 23.5 Å². The van der Waals surface area contributed by atoms with Crippen LogP contribution in [0, 0.1) is 5.82 Å². The molecule has 0 spiro atoms. The second-order valence-electron chi connectivity index (χ2n) is 5.45. The van der Waals surface area contributed by atoms with Gasteiger partial charge in [0.1, 0.15) is 5.82 Å². The molecular weight excluding hydrogens is 329 g/mol. The van der Waals surface area contributed by atoms with Gasteiger partial charge in [-0.1, -0.05) is 19.1 Å². The Morgan fingerprint density at radius 2 is 1.76 bits per heavy atom. The molecule has 1 N–H and O–H groups in total. The SMILES string of the molecule is CCOC(=O)NC(=O)CN(CC)CC(=O)N(C)Cc1ccc(F)cc1. The van der Waals surface area contributed by atoms with Crippen LogP contribution in [0.2, 0.25) is 0 Å². The lowest BCUT2D eigenvalue weighted by Gasteiger charge is -2.23. The van der Waals surface area contributed by atoms with E-state index in [1.54, 1.807) is 31.0 Å². The smallest absolute Gasteiger partial charge is 0.413 e. The normalized spacial score (nSPS) is 10.4. The molecule has 3 amide bonds. The van der Waals surface area contributed by atoms with Gasteiger partial charge in [0, 0.05) is 13.6 Å². The number of alkyl carbamates (subject to hydrolysis) is 1. The fourth-order valence-corrected chi connectivity index (χ4v) is 2.07. The minimum atomic E-state index is -0.802. The summed E-state index contributed by atoms with van der Waals surface area (Å²) >= 11 is 0. The highest BCUT2D eigenvalue weighted by molar-refractivity contribution is 5.93. The number of benzene rings is 1. The number of carbonyl (C=O) groups is 3. The Bertz CT molecular complexity index is 592. The van der Waals surface area contributed by atoms with E-state index in [4.69, 9.17) is 0 Å². The van der Waals surface area contributed by atoms with Crippen LogP contribution in [0.5, 0.6) is 0 Å². The number of hydrogen-bond acceptors (Lipinski definition) is 5. The van der Waals surface area contributed by atoms with Gasteiger partial charge in [-0.3, -0.25) is 19.8 Å². The van der Waals surface area contributed by atoms with Crippen molar-refractivity contribution in [1.82, 2.24) is 15.1 Å². The third-order valence-electron chi connectivity index (χ3n) is 3.45. The molecule has 0 saturated heterocycles. The van der Waals surface area contributed by atoms with Crippen molar-refractivity contribution in [3.63, 3.8) is 0 Å². The topological polar surface area (TPSA) is 79.0 Å². The minimum Gasteiger partial charge on any atom is -0.450 e. The Kier molecular flexibility index (Phi) is 8.55. The van der Waals surface area contributed by atoms with E-state index in [9.17, 15) is 18.8 Å². The van der Waals surface area contributed by atoms with Gasteiger partial charge in [-0.2, -0.15) is 0 Å². The molecule has 0 radical (unpaired) electrons. The third-order valence-corrected chi connectivity index (χ3v) is 3.45. The molecule has 0 bridgehead atoms. The zero-order valence-electron chi connectivity index (χ0n) is 14.8. The highest BCUT2D eigenvalue weighted by Gasteiger charge is 2.17. The number of amides is 3. The van der Waals surface area contributed by atoms with Crippen LogP contribution >= 0.6 is 0 Å². The fraction of sp³-hybridized carbons (Fsp3) is 0.471. The van der Waals surface area contributed by atoms with Crippen molar-refractivity contribution in [2.75, 3.05) is 33.3 Å². The molecule has 0 aromatic heterocycles. The first-order valence-corrected chi connectivity index (χ1v) is 8.03. The molecule has 8 heteroatoms. The number of halogens is 1. The minimum absolute atomic E-state index is 0.0322. The molecule has 1 rings (SSSR count). The highest BCUT2D eigenvalue weighted by Crippen LogP contribution is 2.06. The Hall–Kier alpha value is -2.48. The maximum absolute atomic E-state index is 12.9. The zero-order chi connectivity index (χ0) is 18.8. The Morgan fingerprint density at radius 1 is 1.12 bits per heavy atom. The number of nitrogens with one attached hydrogen (secondary N) is 1. The van der Waals surface area contributed by atoms with Gasteiger partial charge < -0.3 is 9.64 Å². The summed E-state index contributed by atoms with van der Waals surface area (Å²) in [6.07, 6.45) is -0.802. The lowest BCUT2D eigenvalue weighted by Crippen LogP contribution is -2.44. The molecule has 0 unspecified atom stereocenters. The predicted octanol–water partition coefficient (Wildman–Crippen LogP) is 1.38. The summed E-state index contributed by atoms with van der Waals surface area (Å²) in [7, 11) is 1.64. The third kappa shape index (κ3) is 7.75. The molecule has 0 aliphatic heterocycles. The van der Waals surface area contributed by atoms with Gasteiger partial charge in [0.05, 0.1) is 19.7 Å². The lowest BCUT2D eigenvalue weighted by molar-refractivity contribution is -0.132. The van der Waals surface area contributed by atoms with Crippen LogP contribution in [0.25, 0.3) is 0 Å².